The Bertz CT molecular complexity index is 563. The molecule has 0 aliphatic rings. The molecule has 5 heteroatoms. The van der Waals surface area contributed by atoms with Gasteiger partial charge >= 0.3 is 0 Å². The Morgan fingerprint density at radius 1 is 1.21 bits per heavy atom. The van der Waals surface area contributed by atoms with E-state index >= 15 is 0 Å². The SMILES string of the molecule is Cc1ccc(C(C)Nc2cnc(C(N)=S)cn2)cc1. The van der Waals surface area contributed by atoms with Gasteiger partial charge in [0.05, 0.1) is 12.4 Å². The standard InChI is InChI=1S/C14H16N4S/c1-9-3-5-11(6-4-9)10(2)18-13-8-16-12(7-17-13)14(15)19/h3-8,10H,1-2H3,(H2,15,19)(H,17,18). The molecule has 1 unspecified atom stereocenters. The normalized spacial score (nSPS) is 11.9. The molecular formula is C14H16N4S. The van der Waals surface area contributed by atoms with E-state index in [2.05, 4.69) is 53.4 Å². The third-order valence-electron chi connectivity index (χ3n) is 2.85. The summed E-state index contributed by atoms with van der Waals surface area (Å²) in [7, 11) is 0. The summed E-state index contributed by atoms with van der Waals surface area (Å²) in [6.45, 7) is 4.15. The van der Waals surface area contributed by atoms with Crippen molar-refractivity contribution in [3.8, 4) is 0 Å². The van der Waals surface area contributed by atoms with Crippen molar-refractivity contribution >= 4 is 23.0 Å². The highest BCUT2D eigenvalue weighted by Gasteiger charge is 2.06. The molecule has 2 aromatic rings. The molecule has 0 spiro atoms. The molecule has 2 rings (SSSR count). The number of aryl methyl sites for hydroxylation is 1. The molecule has 1 aromatic carbocycles. The van der Waals surface area contributed by atoms with Crippen molar-refractivity contribution in [2.45, 2.75) is 19.9 Å². The zero-order valence-corrected chi connectivity index (χ0v) is 11.7. The lowest BCUT2D eigenvalue weighted by atomic mass is 10.1. The van der Waals surface area contributed by atoms with Gasteiger partial charge in [-0.3, -0.25) is 0 Å². The fraction of sp³-hybridized carbons (Fsp3) is 0.214. The van der Waals surface area contributed by atoms with Crippen molar-refractivity contribution in [1.82, 2.24) is 9.97 Å². The topological polar surface area (TPSA) is 63.8 Å². The molecule has 4 nitrogen and oxygen atoms in total. The molecule has 0 saturated carbocycles. The minimum absolute atomic E-state index is 0.158. The summed E-state index contributed by atoms with van der Waals surface area (Å²) >= 11 is 4.84. The minimum Gasteiger partial charge on any atom is -0.388 e. The maximum atomic E-state index is 5.48. The predicted octanol–water partition coefficient (Wildman–Crippen LogP) is 2.59. The molecule has 1 aromatic heterocycles. The summed E-state index contributed by atoms with van der Waals surface area (Å²) in [5.74, 6) is 0.702. The van der Waals surface area contributed by atoms with Crippen LogP contribution in [0.5, 0.6) is 0 Å². The van der Waals surface area contributed by atoms with Crippen LogP contribution in [0.4, 0.5) is 5.82 Å². The molecule has 0 aliphatic carbocycles. The van der Waals surface area contributed by atoms with Crippen molar-refractivity contribution in [3.63, 3.8) is 0 Å². The van der Waals surface area contributed by atoms with E-state index in [0.29, 0.717) is 11.5 Å². The summed E-state index contributed by atoms with van der Waals surface area (Å²) in [6.07, 6.45) is 3.21. The Morgan fingerprint density at radius 3 is 2.42 bits per heavy atom. The molecule has 0 aliphatic heterocycles. The van der Waals surface area contributed by atoms with Gasteiger partial charge < -0.3 is 11.1 Å². The zero-order chi connectivity index (χ0) is 13.8. The van der Waals surface area contributed by atoms with Crippen molar-refractivity contribution < 1.29 is 0 Å². The Balaban J connectivity index is 2.08. The van der Waals surface area contributed by atoms with Crippen molar-refractivity contribution in [1.29, 1.82) is 0 Å². The Morgan fingerprint density at radius 2 is 1.89 bits per heavy atom. The molecule has 0 radical (unpaired) electrons. The molecule has 1 atom stereocenters. The van der Waals surface area contributed by atoms with Gasteiger partial charge in [-0.2, -0.15) is 0 Å². The van der Waals surface area contributed by atoms with Crippen LogP contribution in [0, 0.1) is 6.92 Å². The lowest BCUT2D eigenvalue weighted by Crippen LogP contribution is -2.13. The highest BCUT2D eigenvalue weighted by molar-refractivity contribution is 7.80. The van der Waals surface area contributed by atoms with Crippen LogP contribution in [0.25, 0.3) is 0 Å². The summed E-state index contributed by atoms with van der Waals surface area (Å²) < 4.78 is 0. The fourth-order valence-electron chi connectivity index (χ4n) is 1.69. The van der Waals surface area contributed by atoms with E-state index in [9.17, 15) is 0 Å². The van der Waals surface area contributed by atoms with Crippen LogP contribution >= 0.6 is 12.2 Å². The fourth-order valence-corrected chi connectivity index (χ4v) is 1.80. The monoisotopic (exact) mass is 272 g/mol. The molecule has 0 fully saturated rings. The lowest BCUT2D eigenvalue weighted by Gasteiger charge is -2.15. The van der Waals surface area contributed by atoms with E-state index in [4.69, 9.17) is 18.0 Å². The molecule has 1 heterocycles. The molecular weight excluding hydrogens is 256 g/mol. The van der Waals surface area contributed by atoms with Crippen LogP contribution < -0.4 is 11.1 Å². The molecule has 3 N–H and O–H groups in total. The van der Waals surface area contributed by atoms with Crippen LogP contribution in [-0.2, 0) is 0 Å². The number of benzene rings is 1. The first kappa shape index (κ1) is 13.4. The highest BCUT2D eigenvalue weighted by Crippen LogP contribution is 2.17. The molecule has 0 amide bonds. The van der Waals surface area contributed by atoms with Crippen LogP contribution in [0.3, 0.4) is 0 Å². The Labute approximate surface area is 118 Å². The van der Waals surface area contributed by atoms with Gasteiger partial charge in [0, 0.05) is 6.04 Å². The number of hydrogen-bond acceptors (Lipinski definition) is 4. The molecule has 0 saturated heterocycles. The Hall–Kier alpha value is -2.01. The molecule has 98 valence electrons. The van der Waals surface area contributed by atoms with E-state index in [-0.39, 0.29) is 11.0 Å². The number of hydrogen-bond donors (Lipinski definition) is 2. The van der Waals surface area contributed by atoms with Gasteiger partial charge in [0.15, 0.2) is 0 Å². The summed E-state index contributed by atoms with van der Waals surface area (Å²) in [5.41, 5.74) is 8.46. The van der Waals surface area contributed by atoms with Gasteiger partial charge in [0.25, 0.3) is 0 Å². The first-order valence-electron chi connectivity index (χ1n) is 6.01. The van der Waals surface area contributed by atoms with E-state index < -0.39 is 0 Å². The second-order valence-electron chi connectivity index (χ2n) is 4.43. The third-order valence-corrected chi connectivity index (χ3v) is 3.06. The number of anilines is 1. The number of nitrogens with two attached hydrogens (primary N) is 1. The average molecular weight is 272 g/mol. The summed E-state index contributed by atoms with van der Waals surface area (Å²) in [5, 5.41) is 3.29. The number of thiocarbonyl (C=S) groups is 1. The third kappa shape index (κ3) is 3.48. The van der Waals surface area contributed by atoms with Crippen molar-refractivity contribution in [3.05, 3.63) is 53.5 Å². The van der Waals surface area contributed by atoms with Crippen LogP contribution in [0.15, 0.2) is 36.7 Å². The van der Waals surface area contributed by atoms with Gasteiger partial charge in [-0.05, 0) is 19.4 Å². The second-order valence-corrected chi connectivity index (χ2v) is 4.87. The van der Waals surface area contributed by atoms with Gasteiger partial charge in [0.1, 0.15) is 16.5 Å². The van der Waals surface area contributed by atoms with E-state index in [0.717, 1.165) is 0 Å². The Kier molecular flexibility index (Phi) is 4.06. The van der Waals surface area contributed by atoms with Crippen LogP contribution in [0.2, 0.25) is 0 Å². The smallest absolute Gasteiger partial charge is 0.144 e. The first-order valence-corrected chi connectivity index (χ1v) is 6.42. The number of nitrogens with one attached hydrogen (secondary N) is 1. The number of rotatable bonds is 4. The maximum absolute atomic E-state index is 5.48. The van der Waals surface area contributed by atoms with Gasteiger partial charge in [-0.15, -0.1) is 0 Å². The van der Waals surface area contributed by atoms with Gasteiger partial charge in [-0.25, -0.2) is 9.97 Å². The van der Waals surface area contributed by atoms with E-state index in [1.165, 1.54) is 11.1 Å². The van der Waals surface area contributed by atoms with Crippen molar-refractivity contribution in [2.75, 3.05) is 5.32 Å². The van der Waals surface area contributed by atoms with E-state index in [1.54, 1.807) is 12.4 Å². The quantitative estimate of drug-likeness (QED) is 0.838. The summed E-state index contributed by atoms with van der Waals surface area (Å²) in [6, 6.07) is 8.54. The average Bonchev–Trinajstić information content (AvgIpc) is 2.40. The van der Waals surface area contributed by atoms with Gasteiger partial charge in [0.2, 0.25) is 0 Å². The minimum atomic E-state index is 0.158. The number of aromatic nitrogens is 2. The largest absolute Gasteiger partial charge is 0.388 e. The number of nitrogens with zero attached hydrogens (tertiary/aromatic N) is 2. The maximum Gasteiger partial charge on any atom is 0.144 e. The van der Waals surface area contributed by atoms with Gasteiger partial charge in [-0.1, -0.05) is 42.0 Å². The van der Waals surface area contributed by atoms with Crippen LogP contribution in [0.1, 0.15) is 29.8 Å². The lowest BCUT2D eigenvalue weighted by molar-refractivity contribution is 0.870. The highest BCUT2D eigenvalue weighted by atomic mass is 32.1. The first-order chi connectivity index (χ1) is 9.06. The van der Waals surface area contributed by atoms with E-state index in [1.807, 2.05) is 0 Å². The van der Waals surface area contributed by atoms with Crippen molar-refractivity contribution in [2.24, 2.45) is 5.73 Å². The molecule has 0 bridgehead atoms. The second kappa shape index (κ2) is 5.75. The van der Waals surface area contributed by atoms with Crippen LogP contribution in [-0.4, -0.2) is 15.0 Å². The zero-order valence-electron chi connectivity index (χ0n) is 10.9. The summed E-state index contributed by atoms with van der Waals surface area (Å²) in [4.78, 5) is 8.64. The molecule has 19 heavy (non-hydrogen) atoms. The predicted molar refractivity (Wildman–Crippen MR) is 81.1 cm³/mol.